The van der Waals surface area contributed by atoms with Crippen LogP contribution in [-0.2, 0) is 0 Å². The average molecular weight is 368 g/mol. The van der Waals surface area contributed by atoms with Crippen molar-refractivity contribution >= 4 is 16.8 Å². The molecule has 0 atom stereocenters. The number of benzene rings is 2. The van der Waals surface area contributed by atoms with Gasteiger partial charge in [-0.25, -0.2) is 9.97 Å². The molecule has 0 spiro atoms. The first kappa shape index (κ1) is 18.4. The predicted octanol–water partition coefficient (Wildman–Crippen LogP) is 3.29. The van der Waals surface area contributed by atoms with Gasteiger partial charge in [-0.05, 0) is 31.2 Å². The number of para-hydroxylation sites is 2. The maximum atomic E-state index is 13.2. The van der Waals surface area contributed by atoms with Crippen molar-refractivity contribution in [3.05, 3.63) is 47.7 Å². The van der Waals surface area contributed by atoms with Crippen LogP contribution in [0.5, 0.6) is 23.1 Å². The summed E-state index contributed by atoms with van der Waals surface area (Å²) in [5, 5.41) is 0. The highest BCUT2D eigenvalue weighted by Gasteiger charge is 2.23. The monoisotopic (exact) mass is 368 g/mol. The standard InChI is InChI=1S/C20H20N2O5/c1-5-27-20-17(21-13-8-6-7-9-14(13)22-20)18(23)12-10-15(24-2)19(26-4)16(11-12)25-3/h6-11H,5H2,1-4H3. The van der Waals surface area contributed by atoms with Crippen molar-refractivity contribution in [3.8, 4) is 23.1 Å². The molecule has 0 amide bonds. The fourth-order valence-electron chi connectivity index (χ4n) is 2.72. The largest absolute Gasteiger partial charge is 0.493 e. The molecule has 0 aliphatic heterocycles. The van der Waals surface area contributed by atoms with Crippen molar-refractivity contribution in [3.63, 3.8) is 0 Å². The highest BCUT2D eigenvalue weighted by atomic mass is 16.5. The predicted molar refractivity (Wildman–Crippen MR) is 100 cm³/mol. The van der Waals surface area contributed by atoms with Gasteiger partial charge < -0.3 is 18.9 Å². The van der Waals surface area contributed by atoms with Crippen LogP contribution < -0.4 is 18.9 Å². The van der Waals surface area contributed by atoms with Crippen LogP contribution in [0, 0.1) is 0 Å². The molecular formula is C20H20N2O5. The Balaban J connectivity index is 2.16. The number of carbonyl (C=O) groups excluding carboxylic acids is 1. The van der Waals surface area contributed by atoms with Crippen LogP contribution in [-0.4, -0.2) is 43.7 Å². The molecule has 0 N–H and O–H groups in total. The van der Waals surface area contributed by atoms with Crippen molar-refractivity contribution in [2.45, 2.75) is 6.92 Å². The molecular weight excluding hydrogens is 348 g/mol. The van der Waals surface area contributed by atoms with Gasteiger partial charge in [0.1, 0.15) is 0 Å². The summed E-state index contributed by atoms with van der Waals surface area (Å²) in [6.45, 7) is 2.19. The van der Waals surface area contributed by atoms with E-state index in [2.05, 4.69) is 9.97 Å². The first-order valence-corrected chi connectivity index (χ1v) is 8.37. The molecule has 1 heterocycles. The number of rotatable bonds is 7. The molecule has 0 fully saturated rings. The highest BCUT2D eigenvalue weighted by Crippen LogP contribution is 2.39. The van der Waals surface area contributed by atoms with Gasteiger partial charge in [-0.1, -0.05) is 12.1 Å². The molecule has 0 saturated heterocycles. The molecule has 7 nitrogen and oxygen atoms in total. The minimum atomic E-state index is -0.351. The minimum Gasteiger partial charge on any atom is -0.493 e. The second-order valence-corrected chi connectivity index (χ2v) is 5.54. The van der Waals surface area contributed by atoms with Crippen LogP contribution in [0.25, 0.3) is 11.0 Å². The van der Waals surface area contributed by atoms with Gasteiger partial charge in [0, 0.05) is 5.56 Å². The minimum absolute atomic E-state index is 0.129. The van der Waals surface area contributed by atoms with Crippen LogP contribution in [0.4, 0.5) is 0 Å². The van der Waals surface area contributed by atoms with Gasteiger partial charge in [0.15, 0.2) is 17.2 Å². The Morgan fingerprint density at radius 1 is 0.926 bits per heavy atom. The quantitative estimate of drug-likeness (QED) is 0.592. The van der Waals surface area contributed by atoms with E-state index in [0.717, 1.165) is 0 Å². The lowest BCUT2D eigenvalue weighted by Crippen LogP contribution is -2.11. The summed E-state index contributed by atoms with van der Waals surface area (Å²) in [5.74, 6) is 1.01. The number of carbonyl (C=O) groups is 1. The fraction of sp³-hybridized carbons (Fsp3) is 0.250. The second kappa shape index (κ2) is 7.90. The number of nitrogens with zero attached hydrogens (tertiary/aromatic N) is 2. The summed E-state index contributed by atoms with van der Waals surface area (Å²) in [6, 6.07) is 10.5. The van der Waals surface area contributed by atoms with Gasteiger partial charge in [-0.3, -0.25) is 4.79 Å². The Bertz CT molecular complexity index is 962. The van der Waals surface area contributed by atoms with Crippen molar-refractivity contribution in [1.82, 2.24) is 9.97 Å². The fourth-order valence-corrected chi connectivity index (χ4v) is 2.72. The first-order valence-electron chi connectivity index (χ1n) is 8.37. The van der Waals surface area contributed by atoms with Gasteiger partial charge in [0.25, 0.3) is 0 Å². The lowest BCUT2D eigenvalue weighted by atomic mass is 10.1. The maximum Gasteiger partial charge on any atom is 0.244 e. The topological polar surface area (TPSA) is 79.8 Å². The van der Waals surface area contributed by atoms with Crippen LogP contribution in [0.1, 0.15) is 23.0 Å². The normalized spacial score (nSPS) is 10.5. The zero-order valence-corrected chi connectivity index (χ0v) is 15.6. The molecule has 0 aliphatic rings. The number of methoxy groups -OCH3 is 3. The molecule has 7 heteroatoms. The van der Waals surface area contributed by atoms with Crippen LogP contribution in [0.15, 0.2) is 36.4 Å². The molecule has 1 aromatic heterocycles. The highest BCUT2D eigenvalue weighted by molar-refractivity contribution is 6.10. The molecule has 0 unspecified atom stereocenters. The Morgan fingerprint density at radius 2 is 1.52 bits per heavy atom. The summed E-state index contributed by atoms with van der Waals surface area (Å²) in [5.41, 5.74) is 1.72. The van der Waals surface area contributed by atoms with E-state index in [1.807, 2.05) is 25.1 Å². The molecule has 0 saturated carbocycles. The van der Waals surface area contributed by atoms with Crippen molar-refractivity contribution in [1.29, 1.82) is 0 Å². The Labute approximate surface area is 156 Å². The number of hydrogen-bond acceptors (Lipinski definition) is 7. The number of hydrogen-bond donors (Lipinski definition) is 0. The number of ketones is 1. The lowest BCUT2D eigenvalue weighted by molar-refractivity contribution is 0.102. The number of aromatic nitrogens is 2. The number of ether oxygens (including phenoxy) is 4. The molecule has 3 rings (SSSR count). The average Bonchev–Trinajstić information content (AvgIpc) is 2.71. The summed E-state index contributed by atoms with van der Waals surface area (Å²) < 4.78 is 21.5. The molecule has 2 aromatic carbocycles. The molecule has 3 aromatic rings. The van der Waals surface area contributed by atoms with E-state index >= 15 is 0 Å². The van der Waals surface area contributed by atoms with Gasteiger partial charge in [0.2, 0.25) is 17.4 Å². The van der Waals surface area contributed by atoms with E-state index < -0.39 is 0 Å². The molecule has 0 radical (unpaired) electrons. The van der Waals surface area contributed by atoms with Gasteiger partial charge in [-0.2, -0.15) is 0 Å². The summed E-state index contributed by atoms with van der Waals surface area (Å²) in [7, 11) is 4.49. The molecule has 0 aliphatic carbocycles. The number of fused-ring (bicyclic) bond motifs is 1. The van der Waals surface area contributed by atoms with Crippen molar-refractivity contribution < 1.29 is 23.7 Å². The van der Waals surface area contributed by atoms with Gasteiger partial charge in [0.05, 0.1) is 39.0 Å². The first-order chi connectivity index (χ1) is 13.1. The second-order valence-electron chi connectivity index (χ2n) is 5.54. The third-order valence-corrected chi connectivity index (χ3v) is 3.96. The SMILES string of the molecule is CCOc1nc2ccccc2nc1C(=O)c1cc(OC)c(OC)c(OC)c1. The Hall–Kier alpha value is -3.35. The molecule has 140 valence electrons. The van der Waals surface area contributed by atoms with Crippen LogP contribution >= 0.6 is 0 Å². The van der Waals surface area contributed by atoms with Gasteiger partial charge in [-0.15, -0.1) is 0 Å². The smallest absolute Gasteiger partial charge is 0.244 e. The van der Waals surface area contributed by atoms with Crippen LogP contribution in [0.2, 0.25) is 0 Å². The van der Waals surface area contributed by atoms with E-state index in [1.54, 1.807) is 18.2 Å². The van der Waals surface area contributed by atoms with Crippen molar-refractivity contribution in [2.75, 3.05) is 27.9 Å². The molecule has 0 bridgehead atoms. The lowest BCUT2D eigenvalue weighted by Gasteiger charge is -2.14. The zero-order valence-electron chi connectivity index (χ0n) is 15.6. The summed E-state index contributed by atoms with van der Waals surface area (Å²) >= 11 is 0. The Morgan fingerprint density at radius 3 is 2.04 bits per heavy atom. The molecule has 27 heavy (non-hydrogen) atoms. The summed E-state index contributed by atoms with van der Waals surface area (Å²) in [6.07, 6.45) is 0. The van der Waals surface area contributed by atoms with E-state index in [9.17, 15) is 4.79 Å². The van der Waals surface area contributed by atoms with E-state index in [0.29, 0.717) is 40.5 Å². The third-order valence-electron chi connectivity index (χ3n) is 3.96. The Kier molecular flexibility index (Phi) is 5.40. The van der Waals surface area contributed by atoms with E-state index in [4.69, 9.17) is 18.9 Å². The van der Waals surface area contributed by atoms with E-state index in [-0.39, 0.29) is 17.4 Å². The maximum absolute atomic E-state index is 13.2. The third kappa shape index (κ3) is 3.48. The van der Waals surface area contributed by atoms with Crippen molar-refractivity contribution in [2.24, 2.45) is 0 Å². The zero-order chi connectivity index (χ0) is 19.4. The van der Waals surface area contributed by atoms with Gasteiger partial charge >= 0.3 is 0 Å². The summed E-state index contributed by atoms with van der Waals surface area (Å²) in [4.78, 5) is 22.1. The van der Waals surface area contributed by atoms with E-state index in [1.165, 1.54) is 21.3 Å². The van der Waals surface area contributed by atoms with Crippen LogP contribution in [0.3, 0.4) is 0 Å².